The van der Waals surface area contributed by atoms with Crippen LogP contribution in [0.15, 0.2) is 97.8 Å². The Balaban J connectivity index is 0.000000176. The van der Waals surface area contributed by atoms with Crippen LogP contribution in [0.3, 0.4) is 0 Å². The van der Waals surface area contributed by atoms with Gasteiger partial charge in [-0.25, -0.2) is 43.1 Å². The third-order valence-electron chi connectivity index (χ3n) is 12.3. The molecule has 4 N–H and O–H groups in total. The lowest BCUT2D eigenvalue weighted by molar-refractivity contribution is -0.137. The number of rotatable bonds is 10. The molecule has 2 amide bonds. The van der Waals surface area contributed by atoms with Crippen LogP contribution in [0, 0.1) is 17.5 Å². The van der Waals surface area contributed by atoms with E-state index in [0.717, 1.165) is 62.0 Å². The van der Waals surface area contributed by atoms with Crippen molar-refractivity contribution in [2.45, 2.75) is 56.8 Å². The highest BCUT2D eigenvalue weighted by Gasteiger charge is 2.33. The molecule has 71 heavy (non-hydrogen) atoms. The maximum absolute atomic E-state index is 14.6. The Hall–Kier alpha value is -7.32. The van der Waals surface area contributed by atoms with Crippen molar-refractivity contribution in [3.63, 3.8) is 0 Å². The molecular formula is C49H42Cl2F6N12O2. The molecule has 2 aliphatic rings. The molecule has 2 aliphatic heterocycles. The number of amides is 2. The molecular weight excluding hydrogens is 974 g/mol. The molecule has 10 rings (SSSR count). The Morgan fingerprint density at radius 2 is 1.13 bits per heavy atom. The molecule has 8 aromatic rings. The summed E-state index contributed by atoms with van der Waals surface area (Å²) < 4.78 is 81.9. The maximum Gasteiger partial charge on any atom is 0.416 e. The van der Waals surface area contributed by atoms with E-state index < -0.39 is 35.1 Å². The number of halogens is 8. The second-order valence-electron chi connectivity index (χ2n) is 16.9. The Morgan fingerprint density at radius 1 is 0.634 bits per heavy atom. The van der Waals surface area contributed by atoms with Crippen LogP contribution in [0.25, 0.3) is 44.8 Å². The van der Waals surface area contributed by atoms with Crippen molar-refractivity contribution in [2.24, 2.45) is 0 Å². The number of likely N-dealkylation sites (tertiary alicyclic amines) is 2. The van der Waals surface area contributed by atoms with E-state index in [-0.39, 0.29) is 47.6 Å². The first-order valence-corrected chi connectivity index (χ1v) is 23.3. The van der Waals surface area contributed by atoms with E-state index in [0.29, 0.717) is 75.3 Å². The van der Waals surface area contributed by atoms with Crippen molar-refractivity contribution in [3.05, 3.63) is 142 Å². The average molecular weight is 1020 g/mol. The highest BCUT2D eigenvalue weighted by molar-refractivity contribution is 6.31. The highest BCUT2D eigenvalue weighted by Crippen LogP contribution is 2.33. The zero-order valence-electron chi connectivity index (χ0n) is 37.4. The van der Waals surface area contributed by atoms with Crippen LogP contribution in [0.2, 0.25) is 10.0 Å². The van der Waals surface area contributed by atoms with Gasteiger partial charge < -0.3 is 30.4 Å². The summed E-state index contributed by atoms with van der Waals surface area (Å²) in [6, 6.07) is 12.8. The fourth-order valence-corrected chi connectivity index (χ4v) is 9.03. The number of hydrogen-bond acceptors (Lipinski definition) is 10. The van der Waals surface area contributed by atoms with Gasteiger partial charge >= 0.3 is 6.18 Å². The van der Waals surface area contributed by atoms with Crippen LogP contribution in [0.5, 0.6) is 0 Å². The normalized spacial score (nSPS) is 16.2. The first-order valence-electron chi connectivity index (χ1n) is 22.5. The van der Waals surface area contributed by atoms with Gasteiger partial charge in [-0.2, -0.15) is 13.2 Å². The number of aromatic amines is 2. The number of aromatic nitrogens is 8. The largest absolute Gasteiger partial charge is 0.416 e. The predicted octanol–water partition coefficient (Wildman–Crippen LogP) is 11.0. The van der Waals surface area contributed by atoms with E-state index in [9.17, 15) is 35.9 Å². The summed E-state index contributed by atoms with van der Waals surface area (Å²) >= 11 is 12.1. The minimum atomic E-state index is -4.55. The van der Waals surface area contributed by atoms with Gasteiger partial charge in [0.2, 0.25) is 0 Å². The molecule has 8 heterocycles. The van der Waals surface area contributed by atoms with Crippen molar-refractivity contribution in [2.75, 3.05) is 36.8 Å². The van der Waals surface area contributed by atoms with E-state index in [1.807, 2.05) is 0 Å². The SMILES string of the molecule is O=C(c1ccc(F)cc1)N1CCCCC1CNc1nc(-c2c[nH]c3ncc(Cl)cc23)ncc1F.O=C(c1cccc(C(F)(F)F)c1)N1CCCCC1CNc1nc(-c2c[nH]c3ncc(Cl)cc23)ncc1F. The van der Waals surface area contributed by atoms with Crippen LogP contribution >= 0.6 is 23.2 Å². The van der Waals surface area contributed by atoms with Crippen LogP contribution < -0.4 is 10.6 Å². The summed E-state index contributed by atoms with van der Waals surface area (Å²) in [4.78, 5) is 60.9. The number of anilines is 2. The molecule has 0 bridgehead atoms. The topological polar surface area (TPSA) is 174 Å². The van der Waals surface area contributed by atoms with Crippen LogP contribution in [-0.4, -0.2) is 99.7 Å². The van der Waals surface area contributed by atoms with Gasteiger partial charge in [0.25, 0.3) is 11.8 Å². The predicted molar refractivity (Wildman–Crippen MR) is 256 cm³/mol. The summed E-state index contributed by atoms with van der Waals surface area (Å²) in [5.41, 5.74) is 1.95. The van der Waals surface area contributed by atoms with Crippen molar-refractivity contribution in [1.29, 1.82) is 0 Å². The molecule has 0 aliphatic carbocycles. The van der Waals surface area contributed by atoms with Gasteiger partial charge in [0.15, 0.2) is 34.9 Å². The molecule has 2 saturated heterocycles. The number of nitrogens with zero attached hydrogens (tertiary/aromatic N) is 8. The number of carbonyl (C=O) groups is 2. The van der Waals surface area contributed by atoms with Gasteiger partial charge in [-0.3, -0.25) is 9.59 Å². The molecule has 2 aromatic carbocycles. The number of hydrogen-bond donors (Lipinski definition) is 4. The average Bonchev–Trinajstić information content (AvgIpc) is 4.00. The van der Waals surface area contributed by atoms with E-state index >= 15 is 0 Å². The minimum Gasteiger partial charge on any atom is -0.365 e. The Labute approximate surface area is 411 Å². The summed E-state index contributed by atoms with van der Waals surface area (Å²) in [6.07, 6.45) is 8.79. The number of carbonyl (C=O) groups excluding carboxylic acids is 2. The Bertz CT molecular complexity index is 3230. The second kappa shape index (κ2) is 21.0. The van der Waals surface area contributed by atoms with Gasteiger partial charge in [-0.05, 0) is 93.1 Å². The fraction of sp³-hybridized carbons (Fsp3) is 0.265. The fourth-order valence-electron chi connectivity index (χ4n) is 8.71. The summed E-state index contributed by atoms with van der Waals surface area (Å²) in [6.45, 7) is 1.46. The second-order valence-corrected chi connectivity index (χ2v) is 17.8. The van der Waals surface area contributed by atoms with Gasteiger partial charge in [0.05, 0.1) is 28.0 Å². The Kier molecular flexibility index (Phi) is 14.4. The molecule has 2 atom stereocenters. The number of piperidine rings is 2. The van der Waals surface area contributed by atoms with Crippen molar-refractivity contribution < 1.29 is 35.9 Å². The molecule has 0 saturated carbocycles. The van der Waals surface area contributed by atoms with E-state index in [2.05, 4.69) is 50.5 Å². The Morgan fingerprint density at radius 3 is 1.62 bits per heavy atom. The molecule has 22 heteroatoms. The number of nitrogens with one attached hydrogen (secondary N) is 4. The third kappa shape index (κ3) is 11.0. The van der Waals surface area contributed by atoms with Crippen molar-refractivity contribution in [1.82, 2.24) is 49.7 Å². The molecule has 6 aromatic heterocycles. The molecule has 2 fully saturated rings. The van der Waals surface area contributed by atoms with Gasteiger partial charge in [-0.15, -0.1) is 0 Å². The molecule has 0 spiro atoms. The number of benzene rings is 2. The number of H-pyrrole nitrogens is 2. The van der Waals surface area contributed by atoms with Gasteiger partial charge in [-0.1, -0.05) is 29.3 Å². The first kappa shape index (κ1) is 48.7. The number of fused-ring (bicyclic) bond motifs is 2. The molecule has 366 valence electrons. The quantitative estimate of drug-likeness (QED) is 0.0966. The van der Waals surface area contributed by atoms with E-state index in [1.165, 1.54) is 48.8 Å². The summed E-state index contributed by atoms with van der Waals surface area (Å²) in [5.74, 6) is -1.75. The van der Waals surface area contributed by atoms with Crippen LogP contribution in [0.4, 0.5) is 38.0 Å². The van der Waals surface area contributed by atoms with E-state index in [1.54, 1.807) is 34.3 Å². The molecule has 14 nitrogen and oxygen atoms in total. The zero-order chi connectivity index (χ0) is 49.8. The number of alkyl halides is 3. The minimum absolute atomic E-state index is 0.0381. The lowest BCUT2D eigenvalue weighted by Crippen LogP contribution is -2.47. The number of pyridine rings is 2. The van der Waals surface area contributed by atoms with Crippen molar-refractivity contribution in [3.8, 4) is 22.8 Å². The third-order valence-corrected chi connectivity index (χ3v) is 12.7. The van der Waals surface area contributed by atoms with Crippen LogP contribution in [0.1, 0.15) is 64.8 Å². The molecule has 2 unspecified atom stereocenters. The van der Waals surface area contributed by atoms with Crippen molar-refractivity contribution >= 4 is 68.7 Å². The lowest BCUT2D eigenvalue weighted by atomic mass is 10.00. The van der Waals surface area contributed by atoms with E-state index in [4.69, 9.17) is 23.2 Å². The van der Waals surface area contributed by atoms with Crippen LogP contribution in [-0.2, 0) is 6.18 Å². The first-order chi connectivity index (χ1) is 34.2. The molecule has 0 radical (unpaired) electrons. The lowest BCUT2D eigenvalue weighted by Gasteiger charge is -2.36. The zero-order valence-corrected chi connectivity index (χ0v) is 38.9. The standard InChI is InChI=1S/C25H21ClF4N6O.C24H21ClF2N6O/c26-16-9-18-19(12-33-21(18)31-10-16)22-34-13-20(27)23(35-22)32-11-17-6-1-2-7-36(17)24(37)14-4-3-5-15(8-14)25(28,29)30;25-15-9-18-19(12-30-21(18)28-10-15)22-31-13-20(27)23(32-22)29-11-17-3-1-2-8-33(17)24(34)14-4-6-16(26)7-5-14/h3-5,8-10,12-13,17H,1-2,6-7,11H2,(H,31,33)(H,32,34,35);4-7,9-10,12-13,17H,1-3,8,11H2,(H,28,30)(H,29,31,32). The monoisotopic (exact) mass is 1010 g/mol. The van der Waals surface area contributed by atoms with Gasteiger partial charge in [0.1, 0.15) is 17.1 Å². The summed E-state index contributed by atoms with van der Waals surface area (Å²) in [5, 5.41) is 8.33. The highest BCUT2D eigenvalue weighted by atomic mass is 35.5. The maximum atomic E-state index is 14.6. The van der Waals surface area contributed by atoms with Gasteiger partial charge in [0, 0.05) is 96.1 Å². The summed E-state index contributed by atoms with van der Waals surface area (Å²) in [7, 11) is 0. The smallest absolute Gasteiger partial charge is 0.365 e.